The summed E-state index contributed by atoms with van der Waals surface area (Å²) in [5.74, 6) is -0.955. The number of halogens is 5. The summed E-state index contributed by atoms with van der Waals surface area (Å²) in [4.78, 5) is 0. The molecule has 0 bridgehead atoms. The molecule has 0 fully saturated rings. The zero-order valence-corrected chi connectivity index (χ0v) is 11.3. The average Bonchev–Trinajstić information content (AvgIpc) is 2.37. The van der Waals surface area contributed by atoms with Crippen molar-refractivity contribution in [3.05, 3.63) is 64.4 Å². The lowest BCUT2D eigenvalue weighted by Crippen LogP contribution is -2.17. The summed E-state index contributed by atoms with van der Waals surface area (Å²) >= 11 is 5.90. The summed E-state index contributed by atoms with van der Waals surface area (Å²) in [7, 11) is 0. The monoisotopic (exact) mass is 319 g/mol. The van der Waals surface area contributed by atoms with E-state index in [1.165, 1.54) is 30.3 Å². The highest BCUT2D eigenvalue weighted by molar-refractivity contribution is 6.31. The first-order valence-electron chi connectivity index (χ1n) is 5.83. The van der Waals surface area contributed by atoms with Crippen molar-refractivity contribution in [1.82, 2.24) is 0 Å². The van der Waals surface area contributed by atoms with Gasteiger partial charge in [-0.05, 0) is 29.8 Å². The fourth-order valence-electron chi connectivity index (χ4n) is 1.85. The summed E-state index contributed by atoms with van der Waals surface area (Å²) in [6.45, 7) is 0. The first-order chi connectivity index (χ1) is 9.78. The molecule has 0 saturated heterocycles. The molecule has 0 aliphatic carbocycles. The molecular weight excluding hydrogens is 310 g/mol. The maximum absolute atomic E-state index is 13.8. The van der Waals surface area contributed by atoms with Gasteiger partial charge in [-0.1, -0.05) is 29.8 Å². The smallest absolute Gasteiger partial charge is 0.406 e. The van der Waals surface area contributed by atoms with Crippen LogP contribution in [0.15, 0.2) is 42.5 Å². The van der Waals surface area contributed by atoms with Crippen LogP contribution in [0, 0.1) is 5.82 Å². The van der Waals surface area contributed by atoms with Gasteiger partial charge in [0.05, 0.1) is 6.04 Å². The van der Waals surface area contributed by atoms with E-state index >= 15 is 0 Å². The molecule has 2 N–H and O–H groups in total. The second-order valence-electron chi connectivity index (χ2n) is 4.23. The molecule has 1 atom stereocenters. The van der Waals surface area contributed by atoms with E-state index in [2.05, 4.69) is 4.74 Å². The van der Waals surface area contributed by atoms with Crippen molar-refractivity contribution in [3.63, 3.8) is 0 Å². The summed E-state index contributed by atoms with van der Waals surface area (Å²) in [5, 5.41) is 0.151. The number of nitrogens with two attached hydrogens (primary N) is 1. The predicted octanol–water partition coefficient (Wildman–Crippen LogP) is 4.43. The Labute approximate surface area is 123 Å². The lowest BCUT2D eigenvalue weighted by atomic mass is 9.99. The Morgan fingerprint density at radius 3 is 2.19 bits per heavy atom. The normalized spacial score (nSPS) is 13.0. The molecule has 2 rings (SSSR count). The highest BCUT2D eigenvalue weighted by atomic mass is 35.5. The Morgan fingerprint density at radius 2 is 1.67 bits per heavy atom. The van der Waals surface area contributed by atoms with Crippen molar-refractivity contribution in [2.45, 2.75) is 12.4 Å². The molecule has 0 saturated carbocycles. The van der Waals surface area contributed by atoms with Crippen LogP contribution >= 0.6 is 11.6 Å². The predicted molar refractivity (Wildman–Crippen MR) is 70.6 cm³/mol. The number of rotatable bonds is 3. The van der Waals surface area contributed by atoms with Gasteiger partial charge >= 0.3 is 6.36 Å². The van der Waals surface area contributed by atoms with E-state index in [4.69, 9.17) is 17.3 Å². The first-order valence-corrected chi connectivity index (χ1v) is 6.21. The van der Waals surface area contributed by atoms with Gasteiger partial charge < -0.3 is 10.5 Å². The Kier molecular flexibility index (Phi) is 4.39. The quantitative estimate of drug-likeness (QED) is 0.850. The van der Waals surface area contributed by atoms with Crippen LogP contribution in [-0.2, 0) is 0 Å². The average molecular weight is 320 g/mol. The molecule has 21 heavy (non-hydrogen) atoms. The molecule has 2 aromatic rings. The molecule has 0 radical (unpaired) electrons. The lowest BCUT2D eigenvalue weighted by molar-refractivity contribution is -0.274. The van der Waals surface area contributed by atoms with E-state index in [1.807, 2.05) is 0 Å². The molecule has 0 aromatic heterocycles. The summed E-state index contributed by atoms with van der Waals surface area (Å²) in [6, 6.07) is 8.12. The fourth-order valence-corrected chi connectivity index (χ4v) is 2.13. The Morgan fingerprint density at radius 1 is 1.05 bits per heavy atom. The van der Waals surface area contributed by atoms with E-state index < -0.39 is 18.2 Å². The second kappa shape index (κ2) is 5.91. The van der Waals surface area contributed by atoms with Gasteiger partial charge in [-0.15, -0.1) is 13.2 Å². The van der Waals surface area contributed by atoms with Gasteiger partial charge in [-0.25, -0.2) is 4.39 Å². The van der Waals surface area contributed by atoms with Gasteiger partial charge in [-0.3, -0.25) is 0 Å². The highest BCUT2D eigenvalue weighted by Crippen LogP contribution is 2.30. The summed E-state index contributed by atoms with van der Waals surface area (Å²) in [6.07, 6.45) is -4.77. The van der Waals surface area contributed by atoms with Gasteiger partial charge in [0.25, 0.3) is 0 Å². The first kappa shape index (κ1) is 15.6. The number of alkyl halides is 3. The van der Waals surface area contributed by atoms with E-state index in [-0.39, 0.29) is 16.3 Å². The Bertz CT molecular complexity index is 608. The lowest BCUT2D eigenvalue weighted by Gasteiger charge is -2.16. The van der Waals surface area contributed by atoms with E-state index in [0.717, 1.165) is 12.1 Å². The van der Waals surface area contributed by atoms with E-state index in [0.29, 0.717) is 5.56 Å². The maximum atomic E-state index is 13.8. The van der Waals surface area contributed by atoms with Crippen LogP contribution in [-0.4, -0.2) is 6.36 Å². The van der Waals surface area contributed by atoms with Crippen molar-refractivity contribution >= 4 is 11.6 Å². The molecule has 0 aliphatic heterocycles. The number of hydrogen-bond acceptors (Lipinski definition) is 2. The maximum Gasteiger partial charge on any atom is 0.573 e. The van der Waals surface area contributed by atoms with Crippen LogP contribution in [0.25, 0.3) is 0 Å². The summed E-state index contributed by atoms with van der Waals surface area (Å²) in [5.41, 5.74) is 6.41. The van der Waals surface area contributed by atoms with Crippen molar-refractivity contribution in [2.24, 2.45) is 5.73 Å². The molecule has 112 valence electrons. The zero-order chi connectivity index (χ0) is 15.6. The van der Waals surface area contributed by atoms with Gasteiger partial charge in [0, 0.05) is 10.6 Å². The second-order valence-corrected chi connectivity index (χ2v) is 4.64. The molecule has 2 aromatic carbocycles. The van der Waals surface area contributed by atoms with Crippen LogP contribution in [0.1, 0.15) is 17.2 Å². The van der Waals surface area contributed by atoms with Crippen LogP contribution < -0.4 is 10.5 Å². The molecule has 0 unspecified atom stereocenters. The van der Waals surface area contributed by atoms with Crippen molar-refractivity contribution < 1.29 is 22.3 Å². The molecule has 0 spiro atoms. The van der Waals surface area contributed by atoms with E-state index in [1.54, 1.807) is 0 Å². The van der Waals surface area contributed by atoms with Gasteiger partial charge in [0.1, 0.15) is 11.6 Å². The van der Waals surface area contributed by atoms with Gasteiger partial charge in [-0.2, -0.15) is 0 Å². The SMILES string of the molecule is N[C@@H](c1ccc(OC(F)(F)F)cc1)c1c(F)cccc1Cl. The molecule has 2 nitrogen and oxygen atoms in total. The molecule has 7 heteroatoms. The number of hydrogen-bond donors (Lipinski definition) is 1. The third-order valence-electron chi connectivity index (χ3n) is 2.78. The number of benzene rings is 2. The standard InChI is InChI=1S/C14H10ClF4NO/c15-10-2-1-3-11(16)12(10)13(20)8-4-6-9(7-5-8)21-14(17,18)19/h1-7,13H,20H2/t13-/m0/s1. The van der Waals surface area contributed by atoms with Gasteiger partial charge in [0.2, 0.25) is 0 Å². The molecule has 0 amide bonds. The highest BCUT2D eigenvalue weighted by Gasteiger charge is 2.31. The Hall–Kier alpha value is -1.79. The van der Waals surface area contributed by atoms with Crippen LogP contribution in [0.4, 0.5) is 17.6 Å². The van der Waals surface area contributed by atoms with Crippen molar-refractivity contribution in [3.8, 4) is 5.75 Å². The molecule has 0 aliphatic rings. The fraction of sp³-hybridized carbons (Fsp3) is 0.143. The molecule has 0 heterocycles. The molecular formula is C14H10ClF4NO. The van der Waals surface area contributed by atoms with E-state index in [9.17, 15) is 17.6 Å². The van der Waals surface area contributed by atoms with Crippen LogP contribution in [0.2, 0.25) is 5.02 Å². The third kappa shape index (κ3) is 3.86. The third-order valence-corrected chi connectivity index (χ3v) is 3.11. The summed E-state index contributed by atoms with van der Waals surface area (Å²) < 4.78 is 53.7. The largest absolute Gasteiger partial charge is 0.573 e. The Balaban J connectivity index is 2.26. The minimum Gasteiger partial charge on any atom is -0.406 e. The minimum absolute atomic E-state index is 0.0867. The van der Waals surface area contributed by atoms with Crippen LogP contribution in [0.3, 0.4) is 0 Å². The minimum atomic E-state index is -4.77. The van der Waals surface area contributed by atoms with Crippen molar-refractivity contribution in [1.29, 1.82) is 0 Å². The van der Waals surface area contributed by atoms with Crippen LogP contribution in [0.5, 0.6) is 5.75 Å². The number of ether oxygens (including phenoxy) is 1. The zero-order valence-electron chi connectivity index (χ0n) is 10.5. The van der Waals surface area contributed by atoms with Crippen molar-refractivity contribution in [2.75, 3.05) is 0 Å². The van der Waals surface area contributed by atoms with Gasteiger partial charge in [0.15, 0.2) is 0 Å². The topological polar surface area (TPSA) is 35.2 Å².